The van der Waals surface area contributed by atoms with Crippen molar-refractivity contribution in [2.45, 2.75) is 12.6 Å². The molecule has 0 aliphatic rings. The minimum Gasteiger partial charge on any atom is -0.357 e. The summed E-state index contributed by atoms with van der Waals surface area (Å²) in [4.78, 5) is 11.7. The van der Waals surface area contributed by atoms with E-state index in [-0.39, 0.29) is 12.3 Å². The second-order valence-electron chi connectivity index (χ2n) is 4.49. The van der Waals surface area contributed by atoms with Crippen LogP contribution in [0.25, 0.3) is 0 Å². The number of benzene rings is 1. The first kappa shape index (κ1) is 14.2. The quantitative estimate of drug-likeness (QED) is 0.921. The number of alkyl halides is 3. The van der Waals surface area contributed by atoms with E-state index in [9.17, 15) is 18.0 Å². The number of halogens is 3. The maximum atomic E-state index is 12.4. The lowest BCUT2D eigenvalue weighted by atomic mass is 10.2. The van der Waals surface area contributed by atoms with E-state index in [4.69, 9.17) is 0 Å². The summed E-state index contributed by atoms with van der Waals surface area (Å²) in [6.07, 6.45) is -0.554. The largest absolute Gasteiger partial charge is 0.416 e. The molecule has 6 heteroatoms. The Labute approximate surface area is 114 Å². The van der Waals surface area contributed by atoms with Gasteiger partial charge < -0.3 is 9.88 Å². The van der Waals surface area contributed by atoms with Crippen molar-refractivity contribution in [3.63, 3.8) is 0 Å². The standard InChI is InChI=1S/C14H13F3N2O/c1-19-7-6-10(9-19)8-13(20)18-12-4-2-11(3-5-12)14(15,16)17/h2-7,9H,8H2,1H3,(H,18,20). The smallest absolute Gasteiger partial charge is 0.357 e. The number of aryl methyl sites for hydroxylation is 1. The molecule has 0 saturated carbocycles. The Morgan fingerprint density at radius 1 is 1.20 bits per heavy atom. The molecule has 2 rings (SSSR count). The Kier molecular flexibility index (Phi) is 3.83. The number of aromatic nitrogens is 1. The normalized spacial score (nSPS) is 11.4. The summed E-state index contributed by atoms with van der Waals surface area (Å²) in [5.41, 5.74) is 0.453. The molecule has 3 nitrogen and oxygen atoms in total. The van der Waals surface area contributed by atoms with Crippen molar-refractivity contribution in [3.05, 3.63) is 53.9 Å². The van der Waals surface area contributed by atoms with Crippen molar-refractivity contribution in [2.24, 2.45) is 7.05 Å². The van der Waals surface area contributed by atoms with Crippen LogP contribution in [0.3, 0.4) is 0 Å². The van der Waals surface area contributed by atoms with Crippen molar-refractivity contribution in [3.8, 4) is 0 Å². The monoisotopic (exact) mass is 282 g/mol. The molecule has 0 saturated heterocycles. The Bertz CT molecular complexity index is 600. The van der Waals surface area contributed by atoms with Crippen LogP contribution in [-0.2, 0) is 24.4 Å². The Balaban J connectivity index is 1.98. The minimum absolute atomic E-state index is 0.182. The van der Waals surface area contributed by atoms with Crippen LogP contribution in [0.2, 0.25) is 0 Å². The fraction of sp³-hybridized carbons (Fsp3) is 0.214. The highest BCUT2D eigenvalue weighted by molar-refractivity contribution is 5.92. The molecule has 0 atom stereocenters. The third-order valence-corrected chi connectivity index (χ3v) is 2.75. The topological polar surface area (TPSA) is 34.0 Å². The van der Waals surface area contributed by atoms with Gasteiger partial charge in [-0.3, -0.25) is 4.79 Å². The molecule has 1 aromatic heterocycles. The van der Waals surface area contributed by atoms with Crippen LogP contribution >= 0.6 is 0 Å². The van der Waals surface area contributed by atoms with Crippen molar-refractivity contribution >= 4 is 11.6 Å². The number of carbonyl (C=O) groups is 1. The molecule has 0 aliphatic carbocycles. The molecule has 106 valence electrons. The van der Waals surface area contributed by atoms with Gasteiger partial charge in [-0.2, -0.15) is 13.2 Å². The van der Waals surface area contributed by atoms with Crippen LogP contribution in [0.5, 0.6) is 0 Å². The molecule has 0 fully saturated rings. The Hall–Kier alpha value is -2.24. The van der Waals surface area contributed by atoms with Gasteiger partial charge in [0.25, 0.3) is 0 Å². The molecule has 1 heterocycles. The lowest BCUT2D eigenvalue weighted by Crippen LogP contribution is -2.14. The SMILES string of the molecule is Cn1ccc(CC(=O)Nc2ccc(C(F)(F)F)cc2)c1. The third-order valence-electron chi connectivity index (χ3n) is 2.75. The van der Waals surface area contributed by atoms with Crippen LogP contribution in [0.15, 0.2) is 42.7 Å². The molecule has 1 N–H and O–H groups in total. The first-order valence-corrected chi connectivity index (χ1v) is 5.92. The number of nitrogens with one attached hydrogen (secondary N) is 1. The van der Waals surface area contributed by atoms with Gasteiger partial charge in [-0.15, -0.1) is 0 Å². The van der Waals surface area contributed by atoms with Gasteiger partial charge in [-0.05, 0) is 35.9 Å². The number of anilines is 1. The summed E-state index contributed by atoms with van der Waals surface area (Å²) in [5, 5.41) is 2.56. The summed E-state index contributed by atoms with van der Waals surface area (Å²) in [7, 11) is 1.84. The lowest BCUT2D eigenvalue weighted by molar-refractivity contribution is -0.137. The molecule has 0 radical (unpaired) electrons. The summed E-state index contributed by atoms with van der Waals surface area (Å²) >= 11 is 0. The zero-order valence-electron chi connectivity index (χ0n) is 10.7. The van der Waals surface area contributed by atoms with Crippen molar-refractivity contribution in [2.75, 3.05) is 5.32 Å². The number of rotatable bonds is 3. The first-order valence-electron chi connectivity index (χ1n) is 5.92. The summed E-state index contributed by atoms with van der Waals surface area (Å²) < 4.78 is 39.0. The molecular formula is C14H13F3N2O. The van der Waals surface area contributed by atoms with Gasteiger partial charge in [-0.1, -0.05) is 0 Å². The van der Waals surface area contributed by atoms with E-state index in [0.29, 0.717) is 5.69 Å². The zero-order valence-corrected chi connectivity index (χ0v) is 10.7. The zero-order chi connectivity index (χ0) is 14.8. The predicted molar refractivity (Wildman–Crippen MR) is 69.2 cm³/mol. The van der Waals surface area contributed by atoms with Crippen LogP contribution in [0.1, 0.15) is 11.1 Å². The molecule has 0 unspecified atom stereocenters. The molecular weight excluding hydrogens is 269 g/mol. The summed E-state index contributed by atoms with van der Waals surface area (Å²) in [5.74, 6) is -0.268. The van der Waals surface area contributed by atoms with E-state index in [1.165, 1.54) is 12.1 Å². The van der Waals surface area contributed by atoms with E-state index < -0.39 is 11.7 Å². The fourth-order valence-corrected chi connectivity index (χ4v) is 1.80. The van der Waals surface area contributed by atoms with E-state index in [0.717, 1.165) is 17.7 Å². The maximum absolute atomic E-state index is 12.4. The van der Waals surface area contributed by atoms with Crippen LogP contribution < -0.4 is 5.32 Å². The second-order valence-corrected chi connectivity index (χ2v) is 4.49. The molecule has 0 bridgehead atoms. The lowest BCUT2D eigenvalue weighted by Gasteiger charge is -2.08. The van der Waals surface area contributed by atoms with Gasteiger partial charge in [0.15, 0.2) is 0 Å². The molecule has 0 spiro atoms. The van der Waals surface area contributed by atoms with E-state index in [2.05, 4.69) is 5.32 Å². The number of nitrogens with zero attached hydrogens (tertiary/aromatic N) is 1. The molecule has 1 aromatic carbocycles. The highest BCUT2D eigenvalue weighted by atomic mass is 19.4. The Morgan fingerprint density at radius 2 is 1.85 bits per heavy atom. The third kappa shape index (κ3) is 3.63. The molecule has 1 amide bonds. The maximum Gasteiger partial charge on any atom is 0.416 e. The molecule has 2 aromatic rings. The predicted octanol–water partition coefficient (Wildman–Crippen LogP) is 3.23. The summed E-state index contributed by atoms with van der Waals surface area (Å²) in [6.45, 7) is 0. The number of amides is 1. The van der Waals surface area contributed by atoms with Crippen LogP contribution in [0.4, 0.5) is 18.9 Å². The first-order chi connectivity index (χ1) is 9.34. The number of hydrogen-bond acceptors (Lipinski definition) is 1. The van der Waals surface area contributed by atoms with Crippen molar-refractivity contribution in [1.29, 1.82) is 0 Å². The summed E-state index contributed by atoms with van der Waals surface area (Å²) in [6, 6.07) is 6.18. The van der Waals surface area contributed by atoms with Gasteiger partial charge >= 0.3 is 6.18 Å². The second kappa shape index (κ2) is 5.40. The highest BCUT2D eigenvalue weighted by Gasteiger charge is 2.29. The van der Waals surface area contributed by atoms with E-state index >= 15 is 0 Å². The van der Waals surface area contributed by atoms with Crippen LogP contribution in [0, 0.1) is 0 Å². The average molecular weight is 282 g/mol. The van der Waals surface area contributed by atoms with Gasteiger partial charge in [0.1, 0.15) is 0 Å². The van der Waals surface area contributed by atoms with Gasteiger partial charge in [-0.25, -0.2) is 0 Å². The van der Waals surface area contributed by atoms with Gasteiger partial charge in [0, 0.05) is 25.1 Å². The Morgan fingerprint density at radius 3 is 2.35 bits per heavy atom. The van der Waals surface area contributed by atoms with E-state index in [1.54, 1.807) is 0 Å². The number of hydrogen-bond donors (Lipinski definition) is 1. The molecule has 0 aliphatic heterocycles. The van der Waals surface area contributed by atoms with Crippen molar-refractivity contribution < 1.29 is 18.0 Å². The van der Waals surface area contributed by atoms with Gasteiger partial charge in [0.05, 0.1) is 12.0 Å². The van der Waals surface area contributed by atoms with Crippen molar-refractivity contribution in [1.82, 2.24) is 4.57 Å². The fourth-order valence-electron chi connectivity index (χ4n) is 1.80. The average Bonchev–Trinajstić information content (AvgIpc) is 2.74. The van der Waals surface area contributed by atoms with Gasteiger partial charge in [0.2, 0.25) is 5.91 Å². The number of carbonyl (C=O) groups excluding carboxylic acids is 1. The van der Waals surface area contributed by atoms with Crippen LogP contribution in [-0.4, -0.2) is 10.5 Å². The highest BCUT2D eigenvalue weighted by Crippen LogP contribution is 2.29. The minimum atomic E-state index is -4.37. The van der Waals surface area contributed by atoms with E-state index in [1.807, 2.05) is 30.1 Å². The molecule has 20 heavy (non-hydrogen) atoms.